The van der Waals surface area contributed by atoms with Crippen molar-refractivity contribution in [1.82, 2.24) is 4.98 Å². The highest BCUT2D eigenvalue weighted by molar-refractivity contribution is 8.00. The number of aromatic nitrogens is 1. The number of hydrogen-bond acceptors (Lipinski definition) is 6. The quantitative estimate of drug-likeness (QED) is 0.496. The lowest BCUT2D eigenvalue weighted by Gasteiger charge is -2.22. The number of esters is 1. The average Bonchev–Trinajstić information content (AvgIpc) is 2.77. The first-order chi connectivity index (χ1) is 14.9. The third kappa shape index (κ3) is 5.65. The van der Waals surface area contributed by atoms with Crippen LogP contribution in [0.1, 0.15) is 60.8 Å². The number of hydrogen-bond donors (Lipinski definition) is 1. The van der Waals surface area contributed by atoms with Crippen LogP contribution in [0.5, 0.6) is 0 Å². The molecule has 1 N–H and O–H groups in total. The molecular formula is C24H27N3O3S. The number of aryl methyl sites for hydroxylation is 1. The Labute approximate surface area is 187 Å². The van der Waals surface area contributed by atoms with Gasteiger partial charge in [0.15, 0.2) is 0 Å². The number of amides is 1. The average molecular weight is 438 g/mol. The predicted octanol–water partition coefficient (Wildman–Crippen LogP) is 4.76. The number of thioether (sulfide) groups is 1. The zero-order valence-corrected chi connectivity index (χ0v) is 18.9. The number of nitrogens with one attached hydrogen (secondary N) is 1. The van der Waals surface area contributed by atoms with E-state index in [9.17, 15) is 14.9 Å². The van der Waals surface area contributed by atoms with E-state index >= 15 is 0 Å². The molecule has 7 heteroatoms. The molecule has 2 aromatic rings. The number of ether oxygens (including phenoxy) is 1. The molecule has 31 heavy (non-hydrogen) atoms. The molecule has 2 atom stereocenters. The van der Waals surface area contributed by atoms with Crippen molar-refractivity contribution in [2.75, 3.05) is 11.9 Å². The summed E-state index contributed by atoms with van der Waals surface area (Å²) in [5.41, 5.74) is 3.77. The van der Waals surface area contributed by atoms with Gasteiger partial charge in [-0.05, 0) is 74.4 Å². The summed E-state index contributed by atoms with van der Waals surface area (Å²) in [6.07, 6.45) is 3.54. The zero-order chi connectivity index (χ0) is 22.4. The number of nitrogens with zero attached hydrogens (tertiary/aromatic N) is 2. The fraction of sp³-hybridized carbons (Fsp3) is 0.417. The Bertz CT molecular complexity index is 998. The molecule has 0 spiro atoms. The van der Waals surface area contributed by atoms with Crippen LogP contribution in [0.15, 0.2) is 35.4 Å². The standard InChI is InChI=1S/C24H27N3O3S/c1-4-21(22(28)26-19-9-7-16(8-10-19)24(29)30-5-2)31-23-18(14-25)13-17-12-15(3)6-11-20(17)27-23/h7-10,13,15,21H,4-6,11-12H2,1-3H3,(H,26,28). The lowest BCUT2D eigenvalue weighted by molar-refractivity contribution is -0.115. The van der Waals surface area contributed by atoms with Crippen LogP contribution in [0.3, 0.4) is 0 Å². The van der Waals surface area contributed by atoms with E-state index in [2.05, 4.69) is 18.3 Å². The van der Waals surface area contributed by atoms with Gasteiger partial charge < -0.3 is 10.1 Å². The normalized spacial score (nSPS) is 16.0. The molecule has 1 aromatic carbocycles. The van der Waals surface area contributed by atoms with Gasteiger partial charge in [-0.1, -0.05) is 25.6 Å². The fourth-order valence-electron chi connectivity index (χ4n) is 3.58. The van der Waals surface area contributed by atoms with Crippen molar-refractivity contribution in [3.63, 3.8) is 0 Å². The summed E-state index contributed by atoms with van der Waals surface area (Å²) in [4.78, 5) is 29.4. The Morgan fingerprint density at radius 3 is 2.71 bits per heavy atom. The molecule has 2 unspecified atom stereocenters. The summed E-state index contributed by atoms with van der Waals surface area (Å²) in [7, 11) is 0. The summed E-state index contributed by atoms with van der Waals surface area (Å²) in [5, 5.41) is 12.7. The van der Waals surface area contributed by atoms with Gasteiger partial charge in [0.05, 0.1) is 23.0 Å². The van der Waals surface area contributed by atoms with E-state index in [1.54, 1.807) is 31.2 Å². The van der Waals surface area contributed by atoms with Crippen LogP contribution >= 0.6 is 11.8 Å². The molecule has 0 radical (unpaired) electrons. The maximum absolute atomic E-state index is 12.9. The van der Waals surface area contributed by atoms with E-state index in [0.29, 0.717) is 40.8 Å². The monoisotopic (exact) mass is 437 g/mol. The Morgan fingerprint density at radius 1 is 1.32 bits per heavy atom. The van der Waals surface area contributed by atoms with E-state index in [1.807, 2.05) is 13.0 Å². The Kier molecular flexibility index (Phi) is 7.69. The Morgan fingerprint density at radius 2 is 2.06 bits per heavy atom. The Balaban J connectivity index is 1.72. The molecule has 3 rings (SSSR count). The van der Waals surface area contributed by atoms with Gasteiger partial charge in [0, 0.05) is 11.4 Å². The summed E-state index contributed by atoms with van der Waals surface area (Å²) >= 11 is 1.34. The molecule has 162 valence electrons. The zero-order valence-electron chi connectivity index (χ0n) is 18.1. The molecule has 1 amide bonds. The van der Waals surface area contributed by atoms with Crippen molar-refractivity contribution in [3.8, 4) is 6.07 Å². The molecule has 1 heterocycles. The van der Waals surface area contributed by atoms with Crippen molar-refractivity contribution >= 4 is 29.3 Å². The molecule has 0 fully saturated rings. The van der Waals surface area contributed by atoms with Crippen molar-refractivity contribution in [2.45, 2.75) is 56.7 Å². The maximum Gasteiger partial charge on any atom is 0.338 e. The number of carbonyl (C=O) groups excluding carboxylic acids is 2. The molecule has 6 nitrogen and oxygen atoms in total. The van der Waals surface area contributed by atoms with Gasteiger partial charge in [0.25, 0.3) is 0 Å². The number of rotatable bonds is 7. The highest BCUT2D eigenvalue weighted by Crippen LogP contribution is 2.32. The van der Waals surface area contributed by atoms with E-state index < -0.39 is 0 Å². The fourth-order valence-corrected chi connectivity index (χ4v) is 4.58. The first kappa shape index (κ1) is 22.8. The van der Waals surface area contributed by atoms with Crippen molar-refractivity contribution < 1.29 is 14.3 Å². The van der Waals surface area contributed by atoms with Crippen LogP contribution < -0.4 is 5.32 Å². The Hall–Kier alpha value is -2.85. The lowest BCUT2D eigenvalue weighted by Crippen LogP contribution is -2.25. The largest absolute Gasteiger partial charge is 0.462 e. The van der Waals surface area contributed by atoms with Crippen LogP contribution in [0.4, 0.5) is 5.69 Å². The topological polar surface area (TPSA) is 92.1 Å². The minimum atomic E-state index is -0.390. The summed E-state index contributed by atoms with van der Waals surface area (Å²) in [5.74, 6) is 0.0522. The first-order valence-electron chi connectivity index (χ1n) is 10.6. The van der Waals surface area contributed by atoms with Gasteiger partial charge >= 0.3 is 5.97 Å². The lowest BCUT2D eigenvalue weighted by atomic mass is 9.87. The van der Waals surface area contributed by atoms with Gasteiger partial charge in [-0.3, -0.25) is 4.79 Å². The van der Waals surface area contributed by atoms with Crippen LogP contribution in [0, 0.1) is 17.2 Å². The highest BCUT2D eigenvalue weighted by atomic mass is 32.2. The van der Waals surface area contributed by atoms with Crippen LogP contribution in [-0.2, 0) is 22.4 Å². The molecule has 0 saturated carbocycles. The maximum atomic E-state index is 12.9. The van der Waals surface area contributed by atoms with E-state index in [-0.39, 0.29) is 17.1 Å². The second-order valence-corrected chi connectivity index (χ2v) is 8.90. The number of pyridine rings is 1. The molecule has 1 aliphatic rings. The third-order valence-electron chi connectivity index (χ3n) is 5.30. The van der Waals surface area contributed by atoms with E-state index in [4.69, 9.17) is 9.72 Å². The first-order valence-corrected chi connectivity index (χ1v) is 11.5. The summed E-state index contributed by atoms with van der Waals surface area (Å²) in [6, 6.07) is 10.8. The molecule has 0 aliphatic heterocycles. The van der Waals surface area contributed by atoms with Crippen LogP contribution in [0.2, 0.25) is 0 Å². The van der Waals surface area contributed by atoms with Crippen LogP contribution in [-0.4, -0.2) is 28.7 Å². The van der Waals surface area contributed by atoms with E-state index in [0.717, 1.165) is 30.5 Å². The van der Waals surface area contributed by atoms with Gasteiger partial charge in [0.1, 0.15) is 11.1 Å². The number of nitriles is 1. The van der Waals surface area contributed by atoms with E-state index in [1.165, 1.54) is 11.8 Å². The molecule has 1 aromatic heterocycles. The molecule has 0 saturated heterocycles. The minimum Gasteiger partial charge on any atom is -0.462 e. The second kappa shape index (κ2) is 10.5. The molecular weight excluding hydrogens is 410 g/mol. The number of carbonyl (C=O) groups is 2. The molecule has 0 bridgehead atoms. The van der Waals surface area contributed by atoms with Crippen LogP contribution in [0.25, 0.3) is 0 Å². The van der Waals surface area contributed by atoms with Gasteiger partial charge in [-0.25, -0.2) is 9.78 Å². The molecule has 1 aliphatic carbocycles. The summed E-state index contributed by atoms with van der Waals surface area (Å²) < 4.78 is 4.98. The summed E-state index contributed by atoms with van der Waals surface area (Å²) in [6.45, 7) is 6.22. The van der Waals surface area contributed by atoms with Gasteiger partial charge in [-0.2, -0.15) is 5.26 Å². The van der Waals surface area contributed by atoms with Gasteiger partial charge in [-0.15, -0.1) is 0 Å². The number of fused-ring (bicyclic) bond motifs is 1. The van der Waals surface area contributed by atoms with Crippen molar-refractivity contribution in [1.29, 1.82) is 5.26 Å². The second-order valence-electron chi connectivity index (χ2n) is 7.71. The number of anilines is 1. The predicted molar refractivity (Wildman–Crippen MR) is 121 cm³/mol. The van der Waals surface area contributed by atoms with Crippen molar-refractivity contribution in [3.05, 3.63) is 52.7 Å². The highest BCUT2D eigenvalue weighted by Gasteiger charge is 2.24. The SMILES string of the molecule is CCOC(=O)c1ccc(NC(=O)C(CC)Sc2nc3c(cc2C#N)CC(C)CC3)cc1. The van der Waals surface area contributed by atoms with Gasteiger partial charge in [0.2, 0.25) is 5.91 Å². The third-order valence-corrected chi connectivity index (χ3v) is 6.67. The van der Waals surface area contributed by atoms with Crippen molar-refractivity contribution in [2.24, 2.45) is 5.92 Å². The smallest absolute Gasteiger partial charge is 0.338 e. The minimum absolute atomic E-state index is 0.159. The number of benzene rings is 1.